The second-order valence-electron chi connectivity index (χ2n) is 7.77. The molecule has 0 aliphatic carbocycles. The Balaban J connectivity index is 2.35. The summed E-state index contributed by atoms with van der Waals surface area (Å²) < 4.78 is 26.1. The van der Waals surface area contributed by atoms with E-state index in [1.165, 1.54) is 18.2 Å². The van der Waals surface area contributed by atoms with Gasteiger partial charge in [-0.1, -0.05) is 56.2 Å². The predicted octanol–water partition coefficient (Wildman–Crippen LogP) is 4.02. The van der Waals surface area contributed by atoms with Crippen LogP contribution in [-0.2, 0) is 21.4 Å². The Morgan fingerprint density at radius 3 is 2.38 bits per heavy atom. The summed E-state index contributed by atoms with van der Waals surface area (Å²) in [5.74, 6) is 2.44. The third-order valence-corrected chi connectivity index (χ3v) is 6.38. The van der Waals surface area contributed by atoms with E-state index in [2.05, 4.69) is 16.8 Å². The van der Waals surface area contributed by atoms with E-state index in [4.69, 9.17) is 0 Å². The topological polar surface area (TPSA) is 108 Å². The van der Waals surface area contributed by atoms with Crippen molar-refractivity contribution in [1.82, 2.24) is 4.98 Å². The molecule has 0 aliphatic rings. The van der Waals surface area contributed by atoms with Crippen molar-refractivity contribution in [1.29, 1.82) is 0 Å². The lowest BCUT2D eigenvalue weighted by atomic mass is 9.78. The first kappa shape index (κ1) is 23.5. The van der Waals surface area contributed by atoms with E-state index in [9.17, 15) is 28.9 Å². The van der Waals surface area contributed by atoms with Crippen LogP contribution in [0.2, 0.25) is 0 Å². The number of carboxylic acids is 1. The summed E-state index contributed by atoms with van der Waals surface area (Å²) in [4.78, 5) is 27.2. The van der Waals surface area contributed by atoms with Crippen LogP contribution in [0.1, 0.15) is 25.1 Å². The summed E-state index contributed by atoms with van der Waals surface area (Å²) in [7, 11) is -3.56. The van der Waals surface area contributed by atoms with Gasteiger partial charge < -0.3 is 10.2 Å². The zero-order chi connectivity index (χ0) is 23.5. The van der Waals surface area contributed by atoms with Crippen molar-refractivity contribution in [3.8, 4) is 11.8 Å². The van der Waals surface area contributed by atoms with Gasteiger partial charge in [-0.3, -0.25) is 0 Å². The van der Waals surface area contributed by atoms with Gasteiger partial charge >= 0.3 is 19.2 Å². The molecule has 3 unspecified atom stereocenters. The number of pyridine rings is 1. The molecular formula is C24H22FNO5P+. The van der Waals surface area contributed by atoms with Crippen molar-refractivity contribution in [2.75, 3.05) is 0 Å². The average molecular weight is 454 g/mol. The van der Waals surface area contributed by atoms with Gasteiger partial charge in [0.15, 0.2) is 5.60 Å². The van der Waals surface area contributed by atoms with E-state index >= 15 is 0 Å². The molecule has 1 aromatic heterocycles. The molecule has 0 aliphatic heterocycles. The highest BCUT2D eigenvalue weighted by Crippen LogP contribution is 2.50. The zero-order valence-electron chi connectivity index (χ0n) is 17.5. The third kappa shape index (κ3) is 4.26. The highest BCUT2D eigenvalue weighted by Gasteiger charge is 2.72. The first-order valence-electron chi connectivity index (χ1n) is 9.85. The fraction of sp³-hybridized carbons (Fsp3) is 0.250. The van der Waals surface area contributed by atoms with E-state index < -0.39 is 37.0 Å². The molecule has 8 heteroatoms. The minimum Gasteiger partial charge on any atom is -0.477 e. The number of nitrogens with zero attached hydrogens (tertiary/aromatic N) is 1. The number of rotatable bonds is 6. The number of hydrogen-bond acceptors (Lipinski definition) is 4. The molecule has 2 aromatic carbocycles. The third-order valence-electron chi connectivity index (χ3n) is 5.13. The second-order valence-corrected chi connectivity index (χ2v) is 8.98. The number of para-hydroxylation sites is 1. The van der Waals surface area contributed by atoms with Crippen LogP contribution >= 0.6 is 8.03 Å². The van der Waals surface area contributed by atoms with Crippen molar-refractivity contribution >= 4 is 24.9 Å². The molecule has 0 fully saturated rings. The summed E-state index contributed by atoms with van der Waals surface area (Å²) in [6, 6.07) is 15.1. The molecule has 0 amide bonds. The maximum absolute atomic E-state index is 13.4. The van der Waals surface area contributed by atoms with Crippen LogP contribution < -0.4 is 0 Å². The van der Waals surface area contributed by atoms with Crippen molar-refractivity contribution < 1.29 is 28.9 Å². The monoisotopic (exact) mass is 454 g/mol. The predicted molar refractivity (Wildman–Crippen MR) is 119 cm³/mol. The molecular weight excluding hydrogens is 432 g/mol. The number of halogens is 1. The summed E-state index contributed by atoms with van der Waals surface area (Å²) in [5.41, 5.74) is -1.83. The molecule has 6 nitrogen and oxygen atoms in total. The quantitative estimate of drug-likeness (QED) is 0.384. The van der Waals surface area contributed by atoms with Gasteiger partial charge in [0.2, 0.25) is 0 Å². The van der Waals surface area contributed by atoms with Gasteiger partial charge in [-0.15, -0.1) is 0 Å². The summed E-state index contributed by atoms with van der Waals surface area (Å²) in [6.07, 6.45) is -0.431. The van der Waals surface area contributed by atoms with Crippen LogP contribution in [0.5, 0.6) is 0 Å². The van der Waals surface area contributed by atoms with E-state index in [-0.39, 0.29) is 11.6 Å². The zero-order valence-corrected chi connectivity index (χ0v) is 18.4. The Labute approximate surface area is 185 Å². The van der Waals surface area contributed by atoms with E-state index in [0.717, 1.165) is 17.5 Å². The first-order chi connectivity index (χ1) is 15.1. The molecule has 0 spiro atoms. The molecule has 32 heavy (non-hydrogen) atoms. The number of carboxylic acid groups (broad SMARTS) is 1. The number of aliphatic hydroxyl groups is 1. The summed E-state index contributed by atoms with van der Waals surface area (Å²) in [5, 5.41) is 20.0. The lowest BCUT2D eigenvalue weighted by molar-refractivity contribution is -0.146. The fourth-order valence-corrected chi connectivity index (χ4v) is 4.30. The molecule has 1 heterocycles. The van der Waals surface area contributed by atoms with E-state index in [0.29, 0.717) is 11.1 Å². The molecule has 3 rings (SSSR count). The Morgan fingerprint density at radius 2 is 1.78 bits per heavy atom. The largest absolute Gasteiger partial charge is 0.541 e. The number of benzene rings is 2. The molecule has 3 atom stereocenters. The van der Waals surface area contributed by atoms with Crippen LogP contribution in [0, 0.1) is 23.6 Å². The Morgan fingerprint density at radius 1 is 1.12 bits per heavy atom. The first-order valence-corrected chi connectivity index (χ1v) is 11.1. The molecule has 0 bridgehead atoms. The number of carbonyl (C=O) groups is 1. The lowest BCUT2D eigenvalue weighted by Gasteiger charge is -2.32. The van der Waals surface area contributed by atoms with Gasteiger partial charge in [-0.05, 0) is 40.3 Å². The molecule has 3 aromatic rings. The molecule has 0 saturated heterocycles. The second kappa shape index (κ2) is 9.13. The van der Waals surface area contributed by atoms with Gasteiger partial charge in [-0.25, -0.2) is 14.2 Å². The fourth-order valence-electron chi connectivity index (χ4n) is 3.47. The summed E-state index contributed by atoms with van der Waals surface area (Å²) >= 11 is 0. The Hall–Kier alpha value is -3.17. The number of aromatic nitrogens is 1. The molecule has 3 N–H and O–H groups in total. The van der Waals surface area contributed by atoms with Gasteiger partial charge in [0.1, 0.15) is 5.82 Å². The number of aliphatic carboxylic acids is 1. The maximum atomic E-state index is 13.4. The van der Waals surface area contributed by atoms with Crippen molar-refractivity contribution in [2.45, 2.75) is 31.0 Å². The minimum atomic E-state index is -3.56. The van der Waals surface area contributed by atoms with E-state index in [1.807, 2.05) is 0 Å². The Bertz CT molecular complexity index is 1220. The van der Waals surface area contributed by atoms with Crippen LogP contribution in [0.15, 0.2) is 60.7 Å². The van der Waals surface area contributed by atoms with Gasteiger partial charge in [-0.2, -0.15) is 4.89 Å². The van der Waals surface area contributed by atoms with Crippen molar-refractivity contribution in [3.05, 3.63) is 77.7 Å². The van der Waals surface area contributed by atoms with Gasteiger partial charge in [0.05, 0.1) is 11.2 Å². The van der Waals surface area contributed by atoms with Crippen LogP contribution in [-0.4, -0.2) is 31.2 Å². The molecule has 164 valence electrons. The van der Waals surface area contributed by atoms with Gasteiger partial charge in [0.25, 0.3) is 0 Å². The average Bonchev–Trinajstić information content (AvgIpc) is 2.74. The van der Waals surface area contributed by atoms with Crippen molar-refractivity contribution in [2.24, 2.45) is 5.92 Å². The van der Waals surface area contributed by atoms with Gasteiger partial charge in [0, 0.05) is 17.7 Å². The summed E-state index contributed by atoms with van der Waals surface area (Å²) in [6.45, 7) is 3.38. The number of fused-ring (bicyclic) bond motifs is 1. The van der Waals surface area contributed by atoms with Crippen LogP contribution in [0.25, 0.3) is 10.9 Å². The minimum absolute atomic E-state index is 0.126. The number of hydrogen-bond donors (Lipinski definition) is 3. The lowest BCUT2D eigenvalue weighted by Crippen LogP contribution is -2.55. The SMILES string of the molecule is CC(C)C#CC(C(=O)O)([P+](=O)O)C(O)(Cc1ccc(F)cc1)c1ccc2ccccc2n1. The van der Waals surface area contributed by atoms with E-state index in [1.54, 1.807) is 44.2 Å². The highest BCUT2D eigenvalue weighted by atomic mass is 31.1. The van der Waals surface area contributed by atoms with Crippen LogP contribution in [0.4, 0.5) is 4.39 Å². The Kier molecular flexibility index (Phi) is 6.71. The highest BCUT2D eigenvalue weighted by molar-refractivity contribution is 7.42. The normalized spacial score (nSPS) is 15.4. The molecule has 0 radical (unpaired) electrons. The van der Waals surface area contributed by atoms with Crippen molar-refractivity contribution in [3.63, 3.8) is 0 Å². The van der Waals surface area contributed by atoms with Crippen LogP contribution in [0.3, 0.4) is 0 Å². The molecule has 0 saturated carbocycles. The maximum Gasteiger partial charge on any atom is 0.541 e. The smallest absolute Gasteiger partial charge is 0.477 e. The standard InChI is InChI=1S/C24H21FNO5P/c1-16(2)13-14-24(22(27)28,32(30)31)23(29,15-17-7-10-19(25)11-8-17)21-12-9-18-5-3-4-6-20(18)26-21/h3-12,16,29H,15H2,1-2H3,(H-,27,28,30,31)/p+1.